The number of nitrogens with two attached hydrogens (primary N) is 1. The number of piperidine rings is 1. The number of fused-ring (bicyclic) bond motifs is 1. The summed E-state index contributed by atoms with van der Waals surface area (Å²) in [4.78, 5) is 31.5. The molecular weight excluding hydrogens is 458 g/mol. The largest absolute Gasteiger partial charge is 0.478 e. The molecule has 35 heavy (non-hydrogen) atoms. The fraction of sp³-hybridized carbons (Fsp3) is 0.500. The van der Waals surface area contributed by atoms with E-state index in [4.69, 9.17) is 15.9 Å². The summed E-state index contributed by atoms with van der Waals surface area (Å²) in [7, 11) is 0. The third kappa shape index (κ3) is 5.60. The molecule has 2 saturated heterocycles. The van der Waals surface area contributed by atoms with Gasteiger partial charge in [-0.2, -0.15) is 0 Å². The Morgan fingerprint density at radius 3 is 2.54 bits per heavy atom. The zero-order chi connectivity index (χ0) is 25.1. The van der Waals surface area contributed by atoms with Crippen molar-refractivity contribution < 1.29 is 23.1 Å². The molecule has 0 aliphatic carbocycles. The van der Waals surface area contributed by atoms with Crippen molar-refractivity contribution in [1.82, 2.24) is 19.4 Å². The average Bonchev–Trinajstić information content (AvgIpc) is 3.18. The number of amides is 2. The van der Waals surface area contributed by atoms with Crippen LogP contribution in [0.2, 0.25) is 0 Å². The monoisotopic (exact) mass is 488 g/mol. The molecule has 3 heterocycles. The standard InChI is InChI=1S/C24H30F2N6O3/c1-15(33)30-8-6-16(7-9-30)10-22(34)31-12-17(13-31)14-35-21(28)11-20(27)32-19-5-3-2-4-18(19)29-24(32)23(25)26/h2-5,11,16-17,23,28H,6-10,12-14,27H2,1H3/b20-11+,28-21?. The van der Waals surface area contributed by atoms with Gasteiger partial charge in [0.15, 0.2) is 5.82 Å². The van der Waals surface area contributed by atoms with Crippen LogP contribution in [-0.2, 0) is 14.3 Å². The predicted molar refractivity (Wildman–Crippen MR) is 126 cm³/mol. The van der Waals surface area contributed by atoms with Crippen molar-refractivity contribution in [3.05, 3.63) is 36.2 Å². The number of nitrogens with one attached hydrogen (secondary N) is 1. The molecule has 2 fully saturated rings. The molecule has 0 radical (unpaired) electrons. The van der Waals surface area contributed by atoms with E-state index in [-0.39, 0.29) is 36.1 Å². The number of alkyl halides is 2. The van der Waals surface area contributed by atoms with E-state index in [9.17, 15) is 18.4 Å². The Labute approximate surface area is 202 Å². The van der Waals surface area contributed by atoms with Gasteiger partial charge >= 0.3 is 0 Å². The van der Waals surface area contributed by atoms with Crippen LogP contribution in [0, 0.1) is 17.2 Å². The molecule has 0 spiro atoms. The van der Waals surface area contributed by atoms with E-state index < -0.39 is 12.2 Å². The minimum atomic E-state index is -2.83. The van der Waals surface area contributed by atoms with Crippen LogP contribution in [0.4, 0.5) is 8.78 Å². The van der Waals surface area contributed by atoms with Crippen molar-refractivity contribution in [2.24, 2.45) is 17.6 Å². The van der Waals surface area contributed by atoms with Gasteiger partial charge in [0.05, 0.1) is 17.6 Å². The van der Waals surface area contributed by atoms with E-state index in [2.05, 4.69) is 4.98 Å². The lowest BCUT2D eigenvalue weighted by Gasteiger charge is -2.40. The normalized spacial score (nSPS) is 17.7. The Morgan fingerprint density at radius 2 is 1.89 bits per heavy atom. The molecule has 3 N–H and O–H groups in total. The summed E-state index contributed by atoms with van der Waals surface area (Å²) in [6.45, 7) is 4.32. The molecule has 2 aliphatic rings. The molecule has 2 aliphatic heterocycles. The summed E-state index contributed by atoms with van der Waals surface area (Å²) in [5, 5.41) is 8.04. The maximum Gasteiger partial charge on any atom is 0.296 e. The number of imidazole rings is 1. The molecule has 2 aromatic rings. The lowest BCUT2D eigenvalue weighted by atomic mass is 9.91. The molecule has 0 atom stereocenters. The molecule has 1 aromatic heterocycles. The quantitative estimate of drug-likeness (QED) is 0.459. The lowest BCUT2D eigenvalue weighted by Crippen LogP contribution is -2.52. The van der Waals surface area contributed by atoms with E-state index >= 15 is 0 Å². The van der Waals surface area contributed by atoms with Gasteiger partial charge in [0.1, 0.15) is 5.82 Å². The van der Waals surface area contributed by atoms with Crippen molar-refractivity contribution in [1.29, 1.82) is 5.41 Å². The van der Waals surface area contributed by atoms with Crippen LogP contribution in [-0.4, -0.2) is 69.8 Å². The second kappa shape index (κ2) is 10.4. The Morgan fingerprint density at radius 1 is 1.20 bits per heavy atom. The van der Waals surface area contributed by atoms with Crippen LogP contribution in [0.1, 0.15) is 38.4 Å². The van der Waals surface area contributed by atoms with Gasteiger partial charge in [-0.1, -0.05) is 12.1 Å². The number of nitrogens with zero attached hydrogens (tertiary/aromatic N) is 4. The molecule has 0 bridgehead atoms. The summed E-state index contributed by atoms with van der Waals surface area (Å²) in [5.74, 6) is -0.245. The first-order chi connectivity index (χ1) is 16.7. The first-order valence-electron chi connectivity index (χ1n) is 11.7. The molecule has 9 nitrogen and oxygen atoms in total. The molecule has 4 rings (SSSR count). The lowest BCUT2D eigenvalue weighted by molar-refractivity contribution is -0.139. The number of para-hydroxylation sites is 2. The van der Waals surface area contributed by atoms with E-state index in [0.717, 1.165) is 17.4 Å². The van der Waals surface area contributed by atoms with Crippen LogP contribution < -0.4 is 5.73 Å². The summed E-state index contributed by atoms with van der Waals surface area (Å²) < 4.78 is 33.5. The number of rotatable bonds is 7. The van der Waals surface area contributed by atoms with Gasteiger partial charge in [0.25, 0.3) is 6.43 Å². The highest BCUT2D eigenvalue weighted by Crippen LogP contribution is 2.27. The molecule has 1 aromatic carbocycles. The van der Waals surface area contributed by atoms with Crippen LogP contribution in [0.3, 0.4) is 0 Å². The van der Waals surface area contributed by atoms with Crippen molar-refractivity contribution in [3.63, 3.8) is 0 Å². The van der Waals surface area contributed by atoms with E-state index in [1.54, 1.807) is 36.1 Å². The SMILES string of the molecule is CC(=O)N1CCC(CC(=O)N2CC(COC(=N)/C=C(\N)n3c(C(F)F)nc4ccccc43)C2)CC1. The second-order valence-electron chi connectivity index (χ2n) is 9.16. The maximum absolute atomic E-state index is 13.5. The van der Waals surface area contributed by atoms with Crippen molar-refractivity contribution >= 4 is 34.6 Å². The van der Waals surface area contributed by atoms with E-state index in [0.29, 0.717) is 49.6 Å². The summed E-state index contributed by atoms with van der Waals surface area (Å²) in [5.41, 5.74) is 6.83. The van der Waals surface area contributed by atoms with Gasteiger partial charge in [-0.25, -0.2) is 13.8 Å². The summed E-state index contributed by atoms with van der Waals surface area (Å²) >= 11 is 0. The minimum absolute atomic E-state index is 0.0790. The topological polar surface area (TPSA) is 118 Å². The van der Waals surface area contributed by atoms with Crippen LogP contribution in [0.15, 0.2) is 30.3 Å². The summed E-state index contributed by atoms with van der Waals surface area (Å²) in [6.07, 6.45) is 0.533. The van der Waals surface area contributed by atoms with E-state index in [1.165, 1.54) is 6.08 Å². The Hall–Kier alpha value is -3.50. The first-order valence-corrected chi connectivity index (χ1v) is 11.7. The highest BCUT2D eigenvalue weighted by Gasteiger charge is 2.33. The number of benzene rings is 1. The smallest absolute Gasteiger partial charge is 0.296 e. The molecule has 2 amide bonds. The zero-order valence-corrected chi connectivity index (χ0v) is 19.6. The number of hydrogen-bond donors (Lipinski definition) is 2. The van der Waals surface area contributed by atoms with Crippen molar-refractivity contribution in [3.8, 4) is 0 Å². The number of carbonyl (C=O) groups is 2. The number of carbonyl (C=O) groups excluding carboxylic acids is 2. The number of hydrogen-bond acceptors (Lipinski definition) is 6. The van der Waals surface area contributed by atoms with Gasteiger partial charge < -0.3 is 20.3 Å². The maximum atomic E-state index is 13.5. The molecule has 0 saturated carbocycles. The average molecular weight is 489 g/mol. The summed E-state index contributed by atoms with van der Waals surface area (Å²) in [6, 6.07) is 6.64. The van der Waals surface area contributed by atoms with Crippen LogP contribution in [0.25, 0.3) is 16.9 Å². The third-order valence-electron chi connectivity index (χ3n) is 6.63. The van der Waals surface area contributed by atoms with Gasteiger partial charge in [0, 0.05) is 51.5 Å². The van der Waals surface area contributed by atoms with Gasteiger partial charge in [0.2, 0.25) is 17.7 Å². The number of aromatic nitrogens is 2. The predicted octanol–water partition coefficient (Wildman–Crippen LogP) is 2.83. The Balaban J connectivity index is 1.24. The fourth-order valence-corrected chi connectivity index (χ4v) is 4.62. The van der Waals surface area contributed by atoms with Crippen LogP contribution >= 0.6 is 0 Å². The van der Waals surface area contributed by atoms with Crippen molar-refractivity contribution in [2.45, 2.75) is 32.6 Å². The Bertz CT molecular complexity index is 1130. The van der Waals surface area contributed by atoms with Gasteiger partial charge in [-0.05, 0) is 30.9 Å². The van der Waals surface area contributed by atoms with E-state index in [1.807, 2.05) is 4.90 Å². The zero-order valence-electron chi connectivity index (χ0n) is 19.6. The first kappa shape index (κ1) is 24.6. The number of likely N-dealkylation sites (tertiary alicyclic amines) is 2. The van der Waals surface area contributed by atoms with Gasteiger partial charge in [-0.15, -0.1) is 0 Å². The molecule has 188 valence electrons. The van der Waals surface area contributed by atoms with Crippen LogP contribution in [0.5, 0.6) is 0 Å². The number of ether oxygens (including phenoxy) is 1. The van der Waals surface area contributed by atoms with Crippen molar-refractivity contribution in [2.75, 3.05) is 32.8 Å². The molecule has 11 heteroatoms. The second-order valence-corrected chi connectivity index (χ2v) is 9.16. The molecule has 0 unspecified atom stereocenters. The Kier molecular flexibility index (Phi) is 7.32. The highest BCUT2D eigenvalue weighted by molar-refractivity contribution is 5.91. The highest BCUT2D eigenvalue weighted by atomic mass is 19.3. The minimum Gasteiger partial charge on any atom is -0.478 e. The van der Waals surface area contributed by atoms with Gasteiger partial charge in [-0.3, -0.25) is 19.6 Å². The fourth-order valence-electron chi connectivity index (χ4n) is 4.62. The number of halogens is 2. The third-order valence-corrected chi connectivity index (χ3v) is 6.63. The molecular formula is C24H30F2N6O3.